The first-order chi connectivity index (χ1) is 17.5. The molecule has 0 atom stereocenters. The van der Waals surface area contributed by atoms with E-state index in [1.165, 1.54) is 6.20 Å². The van der Waals surface area contributed by atoms with Gasteiger partial charge in [-0.2, -0.15) is 0 Å². The summed E-state index contributed by atoms with van der Waals surface area (Å²) in [5.41, 5.74) is 9.57. The molecular weight excluding hydrogens is 459 g/mol. The Morgan fingerprint density at radius 2 is 1.83 bits per heavy atom. The largest absolute Gasteiger partial charge is 0.382 e. The fourth-order valence-electron chi connectivity index (χ4n) is 4.33. The maximum absolute atomic E-state index is 13.2. The summed E-state index contributed by atoms with van der Waals surface area (Å²) in [4.78, 5) is 44.3. The number of nitrogens with zero attached hydrogens (tertiary/aromatic N) is 6. The molecule has 0 saturated carbocycles. The van der Waals surface area contributed by atoms with Crippen molar-refractivity contribution in [1.29, 1.82) is 0 Å². The summed E-state index contributed by atoms with van der Waals surface area (Å²) in [6.07, 6.45) is 4.83. The molecular formula is C24H27BN8O3. The molecule has 5 rings (SSSR count). The minimum atomic E-state index is -0.469. The number of piperazine rings is 1. The van der Waals surface area contributed by atoms with Crippen LogP contribution in [0.4, 0.5) is 22.9 Å². The lowest BCUT2D eigenvalue weighted by Crippen LogP contribution is -2.49. The van der Waals surface area contributed by atoms with Gasteiger partial charge in [0.05, 0.1) is 49.2 Å². The van der Waals surface area contributed by atoms with Crippen molar-refractivity contribution < 1.29 is 14.3 Å². The van der Waals surface area contributed by atoms with Crippen LogP contribution in [0.15, 0.2) is 48.9 Å². The highest BCUT2D eigenvalue weighted by atomic mass is 16.5. The van der Waals surface area contributed by atoms with E-state index in [-0.39, 0.29) is 17.4 Å². The quantitative estimate of drug-likeness (QED) is 0.493. The Balaban J connectivity index is 1.35. The lowest BCUT2D eigenvalue weighted by atomic mass is 10.1. The number of hydrogen-bond donors (Lipinski definition) is 2. The third-order valence-corrected chi connectivity index (χ3v) is 6.30. The normalized spacial score (nSPS) is 16.7. The Morgan fingerprint density at radius 3 is 2.58 bits per heavy atom. The summed E-state index contributed by atoms with van der Waals surface area (Å²) in [5.74, 6) is -0.369. The maximum atomic E-state index is 13.2. The highest BCUT2D eigenvalue weighted by Crippen LogP contribution is 2.27. The maximum Gasteiger partial charge on any atom is 0.278 e. The first-order valence-corrected chi connectivity index (χ1v) is 11.8. The zero-order valence-electron chi connectivity index (χ0n) is 20.1. The first kappa shape index (κ1) is 23.7. The average Bonchev–Trinajstić information content (AvgIpc) is 2.90. The fraction of sp³-hybridized carbons (Fsp3) is 0.292. The monoisotopic (exact) mass is 486 g/mol. The molecule has 2 amide bonds. The molecule has 11 nitrogen and oxygen atoms in total. The molecule has 2 aliphatic rings. The topological polar surface area (TPSA) is 130 Å². The molecule has 2 aromatic heterocycles. The average molecular weight is 486 g/mol. The number of anilines is 4. The van der Waals surface area contributed by atoms with Crippen LogP contribution in [0.1, 0.15) is 10.5 Å². The number of nitrogen functional groups attached to an aromatic ring is 1. The second kappa shape index (κ2) is 10.3. The van der Waals surface area contributed by atoms with Crippen molar-refractivity contribution in [3.63, 3.8) is 0 Å². The van der Waals surface area contributed by atoms with Crippen molar-refractivity contribution in [3.05, 3.63) is 54.6 Å². The summed E-state index contributed by atoms with van der Waals surface area (Å²) < 4.78 is 5.43. The number of carbonyl (C=O) groups excluding carboxylic acids is 2. The number of amides is 2. The Hall–Kier alpha value is -4.03. The Morgan fingerprint density at radius 1 is 1.06 bits per heavy atom. The summed E-state index contributed by atoms with van der Waals surface area (Å²) in [5, 5.41) is 2.89. The number of morpholine rings is 1. The van der Waals surface area contributed by atoms with E-state index in [9.17, 15) is 9.59 Å². The third kappa shape index (κ3) is 5.00. The summed E-state index contributed by atoms with van der Waals surface area (Å²) >= 11 is 0. The van der Waals surface area contributed by atoms with E-state index in [0.29, 0.717) is 37.7 Å². The number of nitrogens with two attached hydrogens (primary N) is 1. The molecule has 2 aliphatic heterocycles. The van der Waals surface area contributed by atoms with Gasteiger partial charge in [0.2, 0.25) is 5.91 Å². The SMILES string of the molecule is BN1CCN(c2ccc(-c3cnc(N)c(C(=O)Nc4cnccc4N4CCOCC4)n3)cc2)C(=O)C1. The third-order valence-electron chi connectivity index (χ3n) is 6.30. The van der Waals surface area contributed by atoms with E-state index in [2.05, 4.69) is 25.2 Å². The van der Waals surface area contributed by atoms with E-state index >= 15 is 0 Å². The van der Waals surface area contributed by atoms with Gasteiger partial charge in [0.1, 0.15) is 0 Å². The van der Waals surface area contributed by atoms with Gasteiger partial charge in [0.25, 0.3) is 5.91 Å². The highest BCUT2D eigenvalue weighted by Gasteiger charge is 2.23. The van der Waals surface area contributed by atoms with Crippen molar-refractivity contribution in [3.8, 4) is 11.3 Å². The van der Waals surface area contributed by atoms with Gasteiger partial charge in [-0.25, -0.2) is 9.97 Å². The van der Waals surface area contributed by atoms with Crippen LogP contribution in [0.2, 0.25) is 0 Å². The number of nitrogens with one attached hydrogen (secondary N) is 1. The number of benzene rings is 1. The summed E-state index contributed by atoms with van der Waals surface area (Å²) in [6, 6.07) is 9.33. The van der Waals surface area contributed by atoms with Gasteiger partial charge < -0.3 is 30.4 Å². The molecule has 0 spiro atoms. The van der Waals surface area contributed by atoms with Crippen LogP contribution in [-0.4, -0.2) is 85.5 Å². The van der Waals surface area contributed by atoms with Gasteiger partial charge in [-0.1, -0.05) is 12.1 Å². The van der Waals surface area contributed by atoms with Gasteiger partial charge in [0, 0.05) is 43.6 Å². The van der Waals surface area contributed by atoms with Gasteiger partial charge in [0.15, 0.2) is 19.5 Å². The molecule has 3 aromatic rings. The molecule has 12 heteroatoms. The second-order valence-corrected chi connectivity index (χ2v) is 8.77. The van der Waals surface area contributed by atoms with Gasteiger partial charge in [-0.15, -0.1) is 0 Å². The highest BCUT2D eigenvalue weighted by molar-refractivity contribution is 6.08. The minimum Gasteiger partial charge on any atom is -0.382 e. The van der Waals surface area contributed by atoms with Crippen LogP contribution in [0.5, 0.6) is 0 Å². The Bertz CT molecular complexity index is 1270. The lowest BCUT2D eigenvalue weighted by molar-refractivity contribution is -0.119. The van der Waals surface area contributed by atoms with Crippen LogP contribution in [-0.2, 0) is 9.53 Å². The first-order valence-electron chi connectivity index (χ1n) is 11.8. The Kier molecular flexibility index (Phi) is 6.78. The van der Waals surface area contributed by atoms with Gasteiger partial charge >= 0.3 is 0 Å². The fourth-order valence-corrected chi connectivity index (χ4v) is 4.33. The van der Waals surface area contributed by atoms with Crippen LogP contribution in [0.25, 0.3) is 11.3 Å². The van der Waals surface area contributed by atoms with Crippen LogP contribution in [0.3, 0.4) is 0 Å². The van der Waals surface area contributed by atoms with E-state index < -0.39 is 5.91 Å². The lowest BCUT2D eigenvalue weighted by Gasteiger charge is -2.32. The minimum absolute atomic E-state index is 0.0302. The molecule has 0 bridgehead atoms. The number of pyridine rings is 1. The second-order valence-electron chi connectivity index (χ2n) is 8.77. The van der Waals surface area contributed by atoms with Crippen molar-refractivity contribution in [2.45, 2.75) is 0 Å². The number of aromatic nitrogens is 3. The number of rotatable bonds is 5. The molecule has 1 aromatic carbocycles. The predicted molar refractivity (Wildman–Crippen MR) is 140 cm³/mol. The number of ether oxygens (including phenoxy) is 1. The molecule has 4 heterocycles. The van der Waals surface area contributed by atoms with E-state index in [4.69, 9.17) is 10.5 Å². The van der Waals surface area contributed by atoms with E-state index in [1.807, 2.05) is 43.1 Å². The number of carbonyl (C=O) groups is 2. The van der Waals surface area contributed by atoms with Crippen molar-refractivity contribution >= 4 is 42.7 Å². The number of hydrogen-bond acceptors (Lipinski definition) is 9. The van der Waals surface area contributed by atoms with Crippen molar-refractivity contribution in [2.75, 3.05) is 66.8 Å². The molecule has 0 unspecified atom stereocenters. The molecule has 36 heavy (non-hydrogen) atoms. The van der Waals surface area contributed by atoms with Crippen molar-refractivity contribution in [1.82, 2.24) is 19.8 Å². The smallest absolute Gasteiger partial charge is 0.278 e. The summed E-state index contributed by atoms with van der Waals surface area (Å²) in [7, 11) is 1.93. The van der Waals surface area contributed by atoms with E-state index in [0.717, 1.165) is 36.6 Å². The Labute approximate surface area is 209 Å². The predicted octanol–water partition coefficient (Wildman–Crippen LogP) is 0.406. The standard InChI is InChI=1S/C24H27BN8O3/c25-32-7-8-33(21(34)15-32)17-3-1-16(2-4-17)18-14-28-23(26)22(29-18)24(35)30-19-13-27-6-5-20(19)31-9-11-36-12-10-31/h1-6,13-14H,7-12,15,25H2,(H2,26,28)(H,30,35). The van der Waals surface area contributed by atoms with Crippen LogP contribution < -0.4 is 20.9 Å². The zero-order valence-corrected chi connectivity index (χ0v) is 20.1. The van der Waals surface area contributed by atoms with Crippen LogP contribution >= 0.6 is 0 Å². The molecule has 0 radical (unpaired) electrons. The molecule has 184 valence electrons. The van der Waals surface area contributed by atoms with Gasteiger partial charge in [-0.05, 0) is 18.2 Å². The molecule has 3 N–H and O–H groups in total. The molecule has 2 fully saturated rings. The van der Waals surface area contributed by atoms with Crippen molar-refractivity contribution in [2.24, 2.45) is 0 Å². The molecule has 0 aliphatic carbocycles. The summed E-state index contributed by atoms with van der Waals surface area (Å²) in [6.45, 7) is 4.55. The van der Waals surface area contributed by atoms with Gasteiger partial charge in [-0.3, -0.25) is 14.6 Å². The van der Waals surface area contributed by atoms with Crippen LogP contribution in [0, 0.1) is 0 Å². The van der Waals surface area contributed by atoms with E-state index in [1.54, 1.807) is 17.3 Å². The zero-order chi connectivity index (χ0) is 25.1. The molecule has 2 saturated heterocycles.